The molecule has 0 unspecified atom stereocenters. The van der Waals surface area contributed by atoms with E-state index in [1.54, 1.807) is 18.2 Å². The van der Waals surface area contributed by atoms with Gasteiger partial charge in [-0.25, -0.2) is 9.78 Å². The Morgan fingerprint density at radius 1 is 0.941 bits per heavy atom. The number of halogens is 3. The van der Waals surface area contributed by atoms with Crippen LogP contribution in [0.4, 0.5) is 30.4 Å². The van der Waals surface area contributed by atoms with Crippen molar-refractivity contribution in [2.45, 2.75) is 6.18 Å². The third-order valence-corrected chi connectivity index (χ3v) is 4.45. The fourth-order valence-corrected chi connectivity index (χ4v) is 2.87. The zero-order valence-corrected chi connectivity index (χ0v) is 18.1. The molecule has 3 rings (SSSR count). The second-order valence-electron chi connectivity index (χ2n) is 6.83. The van der Waals surface area contributed by atoms with Crippen LogP contribution in [0.3, 0.4) is 0 Å². The van der Waals surface area contributed by atoms with Gasteiger partial charge in [-0.1, -0.05) is 6.07 Å². The van der Waals surface area contributed by atoms with Crippen LogP contribution < -0.4 is 20.1 Å². The number of hydrogen-bond donors (Lipinski definition) is 2. The van der Waals surface area contributed by atoms with Gasteiger partial charge in [0.1, 0.15) is 22.9 Å². The minimum Gasteiger partial charge on any atom is -0.497 e. The van der Waals surface area contributed by atoms with Crippen LogP contribution in [0, 0.1) is 0 Å². The molecule has 8 nitrogen and oxygen atoms in total. The van der Waals surface area contributed by atoms with Gasteiger partial charge in [-0.3, -0.25) is 4.79 Å². The molecule has 0 radical (unpaired) electrons. The zero-order chi connectivity index (χ0) is 24.7. The molecule has 11 heteroatoms. The molecule has 0 spiro atoms. The van der Waals surface area contributed by atoms with Crippen molar-refractivity contribution < 1.29 is 37.0 Å². The molecule has 0 bridgehead atoms. The first-order valence-electron chi connectivity index (χ1n) is 9.79. The van der Waals surface area contributed by atoms with Crippen molar-refractivity contribution in [1.82, 2.24) is 4.98 Å². The largest absolute Gasteiger partial charge is 0.497 e. The number of hydrogen-bond acceptors (Lipinski definition) is 7. The molecule has 0 aliphatic rings. The quantitative estimate of drug-likeness (QED) is 0.458. The maximum absolute atomic E-state index is 13.0. The summed E-state index contributed by atoms with van der Waals surface area (Å²) in [6, 6.07) is 12.0. The van der Waals surface area contributed by atoms with E-state index in [2.05, 4.69) is 15.6 Å². The van der Waals surface area contributed by atoms with Crippen molar-refractivity contribution in [2.75, 3.05) is 31.5 Å². The Kier molecular flexibility index (Phi) is 7.57. The number of alkyl halides is 3. The molecule has 1 heterocycles. The number of rotatable bonds is 8. The monoisotopic (exact) mass is 475 g/mol. The molecule has 0 atom stereocenters. The van der Waals surface area contributed by atoms with Crippen molar-refractivity contribution in [3.63, 3.8) is 0 Å². The van der Waals surface area contributed by atoms with Crippen molar-refractivity contribution in [3.05, 3.63) is 71.9 Å². The van der Waals surface area contributed by atoms with Crippen LogP contribution in [0.25, 0.3) is 0 Å². The fraction of sp³-hybridized carbons (Fsp3) is 0.174. The molecule has 2 N–H and O–H groups in total. The molecular formula is C23H20F3N3O5. The lowest BCUT2D eigenvalue weighted by Crippen LogP contribution is -2.21. The lowest BCUT2D eigenvalue weighted by molar-refractivity contribution is -0.137. The van der Waals surface area contributed by atoms with Crippen LogP contribution in [0.2, 0.25) is 0 Å². The van der Waals surface area contributed by atoms with Crippen LogP contribution in [-0.2, 0) is 15.7 Å². The minimum atomic E-state index is -4.52. The summed E-state index contributed by atoms with van der Waals surface area (Å²) in [7, 11) is 2.92. The van der Waals surface area contributed by atoms with E-state index in [4.69, 9.17) is 14.2 Å². The average Bonchev–Trinajstić information content (AvgIpc) is 2.82. The van der Waals surface area contributed by atoms with Gasteiger partial charge in [-0.05, 0) is 30.3 Å². The van der Waals surface area contributed by atoms with Crippen molar-refractivity contribution in [3.8, 4) is 11.5 Å². The van der Waals surface area contributed by atoms with Gasteiger partial charge in [0.2, 0.25) is 0 Å². The normalized spacial score (nSPS) is 10.9. The smallest absolute Gasteiger partial charge is 0.416 e. The Morgan fingerprint density at radius 3 is 2.29 bits per heavy atom. The number of nitrogens with one attached hydrogen (secondary N) is 2. The number of amides is 1. The van der Waals surface area contributed by atoms with E-state index in [1.807, 2.05) is 0 Å². The molecular weight excluding hydrogens is 455 g/mol. The summed E-state index contributed by atoms with van der Waals surface area (Å²) in [6.07, 6.45) is -3.17. The Hall–Kier alpha value is -4.28. The number of aromatic nitrogens is 1. The lowest BCUT2D eigenvalue weighted by atomic mass is 10.2. The van der Waals surface area contributed by atoms with Crippen LogP contribution in [-0.4, -0.2) is 37.7 Å². The molecule has 0 fully saturated rings. The third kappa shape index (κ3) is 6.37. The first-order chi connectivity index (χ1) is 16.2. The number of benzene rings is 2. The molecule has 34 heavy (non-hydrogen) atoms. The van der Waals surface area contributed by atoms with Gasteiger partial charge in [0.15, 0.2) is 6.61 Å². The molecule has 178 valence electrons. The molecule has 0 saturated carbocycles. The van der Waals surface area contributed by atoms with E-state index < -0.39 is 30.2 Å². The number of carbonyl (C=O) groups is 2. The van der Waals surface area contributed by atoms with E-state index in [-0.39, 0.29) is 17.1 Å². The van der Waals surface area contributed by atoms with E-state index in [1.165, 1.54) is 44.7 Å². The van der Waals surface area contributed by atoms with Gasteiger partial charge in [0.25, 0.3) is 5.91 Å². The molecule has 3 aromatic rings. The Bertz CT molecular complexity index is 1160. The number of esters is 1. The molecule has 1 amide bonds. The summed E-state index contributed by atoms with van der Waals surface area (Å²) in [5, 5.41) is 5.24. The summed E-state index contributed by atoms with van der Waals surface area (Å²) in [4.78, 5) is 28.8. The van der Waals surface area contributed by atoms with Crippen LogP contribution in [0.15, 0.2) is 60.8 Å². The lowest BCUT2D eigenvalue weighted by Gasteiger charge is -2.13. The maximum atomic E-state index is 13.0. The topological polar surface area (TPSA) is 98.8 Å². The number of nitrogens with zero attached hydrogens (tertiary/aromatic N) is 1. The summed E-state index contributed by atoms with van der Waals surface area (Å²) in [5.41, 5.74) is -0.475. The number of anilines is 3. The zero-order valence-electron chi connectivity index (χ0n) is 18.1. The highest BCUT2D eigenvalue weighted by Gasteiger charge is 2.30. The molecule has 0 aliphatic heterocycles. The summed E-state index contributed by atoms with van der Waals surface area (Å²) in [6.45, 7) is -0.615. The Labute approximate surface area is 192 Å². The Balaban J connectivity index is 1.67. The highest BCUT2D eigenvalue weighted by molar-refractivity contribution is 5.98. The first-order valence-corrected chi connectivity index (χ1v) is 9.79. The van der Waals surface area contributed by atoms with Gasteiger partial charge >= 0.3 is 12.1 Å². The number of ether oxygens (including phenoxy) is 3. The summed E-state index contributed by atoms with van der Waals surface area (Å²) < 4.78 is 54.2. The molecule has 0 saturated heterocycles. The highest BCUT2D eigenvalue weighted by Crippen LogP contribution is 2.31. The van der Waals surface area contributed by atoms with Crippen LogP contribution in [0.5, 0.6) is 11.5 Å². The van der Waals surface area contributed by atoms with Crippen LogP contribution >= 0.6 is 0 Å². The highest BCUT2D eigenvalue weighted by atomic mass is 19.4. The molecule has 0 aliphatic carbocycles. The third-order valence-electron chi connectivity index (χ3n) is 4.45. The second-order valence-corrected chi connectivity index (χ2v) is 6.83. The van der Waals surface area contributed by atoms with E-state index in [9.17, 15) is 22.8 Å². The summed E-state index contributed by atoms with van der Waals surface area (Å²) in [5.74, 6) is -0.634. The molecule has 2 aromatic carbocycles. The van der Waals surface area contributed by atoms with Gasteiger partial charge in [0.05, 0.1) is 19.8 Å². The number of carbonyl (C=O) groups excluding carboxylic acids is 2. The van der Waals surface area contributed by atoms with E-state index in [0.29, 0.717) is 17.2 Å². The maximum Gasteiger partial charge on any atom is 0.416 e. The van der Waals surface area contributed by atoms with Crippen molar-refractivity contribution >= 4 is 29.1 Å². The second kappa shape index (κ2) is 10.6. The predicted molar refractivity (Wildman–Crippen MR) is 117 cm³/mol. The van der Waals surface area contributed by atoms with Crippen LogP contribution in [0.1, 0.15) is 15.9 Å². The minimum absolute atomic E-state index is 0.0234. The standard InChI is InChI=1S/C23H20F3N3O5/c1-32-17-10-16(11-18(12-17)33-2)28-20(30)13-34-22(31)19-7-4-8-27-21(19)29-15-6-3-5-14(9-15)23(24,25)26/h3-12H,13H2,1-2H3,(H,27,29)(H,28,30). The van der Waals surface area contributed by atoms with Crippen molar-refractivity contribution in [2.24, 2.45) is 0 Å². The first kappa shape index (κ1) is 24.4. The predicted octanol–water partition coefficient (Wildman–Crippen LogP) is 4.66. The van der Waals surface area contributed by atoms with Gasteiger partial charge in [-0.15, -0.1) is 0 Å². The van der Waals surface area contributed by atoms with Gasteiger partial charge in [0, 0.05) is 35.8 Å². The summed E-state index contributed by atoms with van der Waals surface area (Å²) >= 11 is 0. The number of pyridine rings is 1. The average molecular weight is 475 g/mol. The van der Waals surface area contributed by atoms with E-state index in [0.717, 1.165) is 12.1 Å². The SMILES string of the molecule is COc1cc(NC(=O)COC(=O)c2cccnc2Nc2cccc(C(F)(F)F)c2)cc(OC)c1. The fourth-order valence-electron chi connectivity index (χ4n) is 2.87. The number of methoxy groups -OCH3 is 2. The van der Waals surface area contributed by atoms with E-state index >= 15 is 0 Å². The van der Waals surface area contributed by atoms with Gasteiger partial charge in [-0.2, -0.15) is 13.2 Å². The Morgan fingerprint density at radius 2 is 1.65 bits per heavy atom. The van der Waals surface area contributed by atoms with Crippen molar-refractivity contribution in [1.29, 1.82) is 0 Å². The van der Waals surface area contributed by atoms with Gasteiger partial charge < -0.3 is 24.8 Å². The molecule has 1 aromatic heterocycles.